The molecule has 1 aliphatic rings. The summed E-state index contributed by atoms with van der Waals surface area (Å²) in [4.78, 5) is 23.7. The number of hydrogen-bond donors (Lipinski definition) is 3. The van der Waals surface area contributed by atoms with Gasteiger partial charge in [-0.3, -0.25) is 4.79 Å². The lowest BCUT2D eigenvalue weighted by Crippen LogP contribution is -2.28. The minimum atomic E-state index is -1.11. The number of carboxylic acid groups (broad SMARTS) is 1. The van der Waals surface area contributed by atoms with Gasteiger partial charge in [0.15, 0.2) is 0 Å². The van der Waals surface area contributed by atoms with Crippen molar-refractivity contribution in [2.24, 2.45) is 5.73 Å². The van der Waals surface area contributed by atoms with E-state index in [1.807, 2.05) is 0 Å². The number of phenols is 1. The minimum Gasteiger partial charge on any atom is -0.506 e. The molecule has 2 rings (SSSR count). The van der Waals surface area contributed by atoms with Crippen LogP contribution in [0.15, 0.2) is 18.2 Å². The zero-order valence-electron chi connectivity index (χ0n) is 8.96. The van der Waals surface area contributed by atoms with Crippen LogP contribution in [-0.4, -0.2) is 34.7 Å². The van der Waals surface area contributed by atoms with Crippen molar-refractivity contribution in [1.29, 1.82) is 0 Å². The van der Waals surface area contributed by atoms with E-state index in [0.29, 0.717) is 0 Å². The van der Waals surface area contributed by atoms with Crippen LogP contribution in [0, 0.1) is 0 Å². The van der Waals surface area contributed by atoms with E-state index < -0.39 is 5.97 Å². The number of benzene rings is 1. The van der Waals surface area contributed by atoms with Crippen LogP contribution in [0.25, 0.3) is 0 Å². The van der Waals surface area contributed by atoms with Gasteiger partial charge in [0.25, 0.3) is 0 Å². The summed E-state index contributed by atoms with van der Waals surface area (Å²) >= 11 is 0. The van der Waals surface area contributed by atoms with Crippen LogP contribution in [0.4, 0.5) is 5.69 Å². The van der Waals surface area contributed by atoms with Gasteiger partial charge in [-0.15, -0.1) is 0 Å². The Labute approximate surface area is 97.3 Å². The number of phenolic OH excluding ortho intramolecular Hbond substituents is 1. The molecule has 0 saturated carbocycles. The van der Waals surface area contributed by atoms with Crippen molar-refractivity contribution < 1.29 is 19.8 Å². The maximum atomic E-state index is 11.6. The second-order valence-electron chi connectivity index (χ2n) is 3.98. The van der Waals surface area contributed by atoms with Crippen LogP contribution in [-0.2, 0) is 4.79 Å². The molecule has 1 aromatic rings. The molecule has 1 aromatic carbocycles. The van der Waals surface area contributed by atoms with Gasteiger partial charge >= 0.3 is 5.97 Å². The number of carboxylic acids is 1. The smallest absolute Gasteiger partial charge is 0.335 e. The molecule has 0 bridgehead atoms. The summed E-state index contributed by atoms with van der Waals surface area (Å²) in [6.07, 6.45) is 0.205. The van der Waals surface area contributed by atoms with E-state index in [4.69, 9.17) is 10.8 Å². The molecule has 1 aliphatic heterocycles. The molecule has 1 saturated heterocycles. The van der Waals surface area contributed by atoms with Gasteiger partial charge in [0.1, 0.15) is 5.75 Å². The quantitative estimate of drug-likeness (QED) is 0.678. The fourth-order valence-electron chi connectivity index (χ4n) is 1.84. The number of aromatic hydroxyl groups is 1. The predicted molar refractivity (Wildman–Crippen MR) is 60.0 cm³/mol. The van der Waals surface area contributed by atoms with E-state index >= 15 is 0 Å². The molecule has 0 spiro atoms. The van der Waals surface area contributed by atoms with Crippen LogP contribution in [0.3, 0.4) is 0 Å². The molecule has 4 N–H and O–H groups in total. The van der Waals surface area contributed by atoms with E-state index in [-0.39, 0.29) is 41.9 Å². The molecule has 0 aromatic heterocycles. The number of nitrogens with zero attached hydrogens (tertiary/aromatic N) is 1. The number of anilines is 1. The summed E-state index contributed by atoms with van der Waals surface area (Å²) in [5.41, 5.74) is 5.86. The molecular weight excluding hydrogens is 224 g/mol. The molecule has 1 amide bonds. The van der Waals surface area contributed by atoms with Gasteiger partial charge in [-0.05, 0) is 18.2 Å². The van der Waals surface area contributed by atoms with E-state index in [1.54, 1.807) is 0 Å². The SMILES string of the molecule is NC1CC(=O)N(c2cc(C(=O)O)ccc2O)C1. The molecule has 6 heteroatoms. The molecule has 1 heterocycles. The molecule has 0 aliphatic carbocycles. The van der Waals surface area contributed by atoms with E-state index in [1.165, 1.54) is 23.1 Å². The van der Waals surface area contributed by atoms with Crippen molar-refractivity contribution in [3.05, 3.63) is 23.8 Å². The van der Waals surface area contributed by atoms with Crippen LogP contribution >= 0.6 is 0 Å². The maximum Gasteiger partial charge on any atom is 0.335 e. The number of hydrogen-bond acceptors (Lipinski definition) is 4. The summed E-state index contributed by atoms with van der Waals surface area (Å²) in [5.74, 6) is -1.45. The van der Waals surface area contributed by atoms with Crippen LogP contribution in [0.2, 0.25) is 0 Å². The zero-order valence-corrected chi connectivity index (χ0v) is 8.96. The molecule has 1 fully saturated rings. The van der Waals surface area contributed by atoms with Gasteiger partial charge in [0, 0.05) is 19.0 Å². The third kappa shape index (κ3) is 2.07. The molecule has 1 atom stereocenters. The highest BCUT2D eigenvalue weighted by Gasteiger charge is 2.30. The number of nitrogens with two attached hydrogens (primary N) is 1. The highest BCUT2D eigenvalue weighted by Crippen LogP contribution is 2.31. The van der Waals surface area contributed by atoms with Crippen molar-refractivity contribution in [3.8, 4) is 5.75 Å². The maximum absolute atomic E-state index is 11.6. The Morgan fingerprint density at radius 1 is 1.47 bits per heavy atom. The van der Waals surface area contributed by atoms with Crippen molar-refractivity contribution in [2.75, 3.05) is 11.4 Å². The monoisotopic (exact) mass is 236 g/mol. The highest BCUT2D eigenvalue weighted by molar-refractivity contribution is 5.99. The van der Waals surface area contributed by atoms with Gasteiger partial charge < -0.3 is 20.8 Å². The summed E-state index contributed by atoms with van der Waals surface area (Å²) in [5, 5.41) is 18.5. The Bertz CT molecular complexity index is 486. The van der Waals surface area contributed by atoms with Crippen molar-refractivity contribution in [3.63, 3.8) is 0 Å². The minimum absolute atomic E-state index is 0.0195. The van der Waals surface area contributed by atoms with Gasteiger partial charge in [0.05, 0.1) is 11.3 Å². The molecule has 6 nitrogen and oxygen atoms in total. The Morgan fingerprint density at radius 2 is 2.18 bits per heavy atom. The summed E-state index contributed by atoms with van der Waals surface area (Å²) in [6, 6.07) is 3.53. The van der Waals surface area contributed by atoms with Gasteiger partial charge in [-0.1, -0.05) is 0 Å². The van der Waals surface area contributed by atoms with Crippen LogP contribution < -0.4 is 10.6 Å². The first-order valence-electron chi connectivity index (χ1n) is 5.11. The Morgan fingerprint density at radius 3 is 2.71 bits per heavy atom. The largest absolute Gasteiger partial charge is 0.506 e. The first kappa shape index (κ1) is 11.4. The number of carbonyl (C=O) groups is 2. The number of aromatic carboxylic acids is 1. The normalized spacial score (nSPS) is 19.7. The first-order valence-corrected chi connectivity index (χ1v) is 5.11. The summed E-state index contributed by atoms with van der Waals surface area (Å²) in [7, 11) is 0. The third-order valence-electron chi connectivity index (χ3n) is 2.67. The Kier molecular flexibility index (Phi) is 2.72. The number of amides is 1. The molecule has 17 heavy (non-hydrogen) atoms. The van der Waals surface area contributed by atoms with Crippen LogP contribution in [0.1, 0.15) is 16.8 Å². The van der Waals surface area contributed by atoms with E-state index in [9.17, 15) is 14.7 Å². The Balaban J connectivity index is 2.41. The van der Waals surface area contributed by atoms with Crippen molar-refractivity contribution in [1.82, 2.24) is 0 Å². The highest BCUT2D eigenvalue weighted by atomic mass is 16.4. The number of rotatable bonds is 2. The van der Waals surface area contributed by atoms with Gasteiger partial charge in [0.2, 0.25) is 5.91 Å². The zero-order chi connectivity index (χ0) is 12.6. The second-order valence-corrected chi connectivity index (χ2v) is 3.98. The third-order valence-corrected chi connectivity index (χ3v) is 2.67. The lowest BCUT2D eigenvalue weighted by Gasteiger charge is -2.17. The van der Waals surface area contributed by atoms with Gasteiger partial charge in [-0.25, -0.2) is 4.79 Å². The predicted octanol–water partition coefficient (Wildman–Crippen LogP) is 0.154. The average Bonchev–Trinajstić information content (AvgIpc) is 2.58. The first-order chi connectivity index (χ1) is 7.99. The molecular formula is C11H12N2O4. The topological polar surface area (TPSA) is 104 Å². The standard InChI is InChI=1S/C11H12N2O4/c12-7-4-10(15)13(5-7)8-3-6(11(16)17)1-2-9(8)14/h1-3,7,14H,4-5,12H2,(H,16,17). The number of carbonyl (C=O) groups excluding carboxylic acids is 1. The lowest BCUT2D eigenvalue weighted by molar-refractivity contribution is -0.117. The summed E-state index contributed by atoms with van der Waals surface area (Å²) < 4.78 is 0. The van der Waals surface area contributed by atoms with Gasteiger partial charge in [-0.2, -0.15) is 0 Å². The fraction of sp³-hybridized carbons (Fsp3) is 0.273. The molecule has 1 unspecified atom stereocenters. The lowest BCUT2D eigenvalue weighted by atomic mass is 10.1. The van der Waals surface area contributed by atoms with Crippen LogP contribution in [0.5, 0.6) is 5.75 Å². The van der Waals surface area contributed by atoms with E-state index in [2.05, 4.69) is 0 Å². The van der Waals surface area contributed by atoms with E-state index in [0.717, 1.165) is 0 Å². The van der Waals surface area contributed by atoms with Crippen molar-refractivity contribution in [2.45, 2.75) is 12.5 Å². The summed E-state index contributed by atoms with van der Waals surface area (Å²) in [6.45, 7) is 0.287. The van der Waals surface area contributed by atoms with Crippen molar-refractivity contribution >= 4 is 17.6 Å². The molecule has 90 valence electrons. The molecule has 0 radical (unpaired) electrons. The fourth-order valence-corrected chi connectivity index (χ4v) is 1.84. The average molecular weight is 236 g/mol. The Hall–Kier alpha value is -2.08. The second kappa shape index (κ2) is 4.06.